The highest BCUT2D eigenvalue weighted by Crippen LogP contribution is 2.41. The Balaban J connectivity index is 2.15. The second kappa shape index (κ2) is 7.08. The number of ether oxygens (including phenoxy) is 1. The minimum Gasteiger partial charge on any atom is -0.447 e. The summed E-state index contributed by atoms with van der Waals surface area (Å²) < 4.78 is 58.8. The van der Waals surface area contributed by atoms with Crippen LogP contribution in [0, 0.1) is 5.82 Å². The minimum atomic E-state index is -5.00. The number of Topliss-reactive ketones (excluding diaryl/α,β-unsaturated/α-hetero) is 1. The van der Waals surface area contributed by atoms with Gasteiger partial charge < -0.3 is 4.74 Å². The van der Waals surface area contributed by atoms with Crippen molar-refractivity contribution in [2.45, 2.75) is 31.5 Å². The lowest BCUT2D eigenvalue weighted by molar-refractivity contribution is -0.144. The summed E-state index contributed by atoms with van der Waals surface area (Å²) in [4.78, 5) is 48.6. The van der Waals surface area contributed by atoms with Crippen LogP contribution in [0.4, 0.5) is 17.6 Å². The number of ketones is 1. The van der Waals surface area contributed by atoms with Gasteiger partial charge in [-0.1, -0.05) is 11.6 Å². The summed E-state index contributed by atoms with van der Waals surface area (Å²) in [5.41, 5.74) is -7.05. The van der Waals surface area contributed by atoms with Gasteiger partial charge in [-0.3, -0.25) is 14.2 Å². The molecule has 0 saturated heterocycles. The minimum absolute atomic E-state index is 0.127. The molecule has 7 nitrogen and oxygen atoms in total. The molecule has 0 unspecified atom stereocenters. The Labute approximate surface area is 170 Å². The maximum absolute atomic E-state index is 14.5. The first-order valence-corrected chi connectivity index (χ1v) is 8.80. The zero-order valence-corrected chi connectivity index (χ0v) is 16.2. The van der Waals surface area contributed by atoms with Crippen molar-refractivity contribution in [1.29, 1.82) is 0 Å². The Bertz CT molecular complexity index is 1190. The Kier molecular flexibility index (Phi) is 5.13. The van der Waals surface area contributed by atoms with Crippen LogP contribution < -0.4 is 11.2 Å². The lowest BCUT2D eigenvalue weighted by Gasteiger charge is -2.16. The van der Waals surface area contributed by atoms with Crippen molar-refractivity contribution in [3.05, 3.63) is 61.1 Å². The molecule has 1 aromatic heterocycles. The van der Waals surface area contributed by atoms with E-state index in [1.165, 1.54) is 6.92 Å². The number of aromatic nitrogens is 2. The molecule has 12 heteroatoms. The van der Waals surface area contributed by atoms with Crippen molar-refractivity contribution >= 4 is 23.4 Å². The number of carbonyl (C=O) groups excluding carboxylic acids is 2. The number of rotatable bonds is 4. The van der Waals surface area contributed by atoms with E-state index in [1.54, 1.807) is 0 Å². The predicted molar refractivity (Wildman–Crippen MR) is 95.3 cm³/mol. The second-order valence-electron chi connectivity index (χ2n) is 6.77. The number of esters is 1. The quantitative estimate of drug-likeness (QED) is 0.530. The lowest BCUT2D eigenvalue weighted by Crippen LogP contribution is -2.41. The average Bonchev–Trinajstić information content (AvgIpc) is 3.39. The number of halogens is 5. The van der Waals surface area contributed by atoms with E-state index in [1.807, 2.05) is 0 Å². The van der Waals surface area contributed by atoms with Gasteiger partial charge in [0, 0.05) is 13.1 Å². The van der Waals surface area contributed by atoms with Gasteiger partial charge in [0.25, 0.3) is 5.56 Å². The number of nitrogens with zero attached hydrogens (tertiary/aromatic N) is 2. The molecule has 0 N–H and O–H groups in total. The molecule has 3 rings (SSSR count). The van der Waals surface area contributed by atoms with E-state index >= 15 is 0 Å². The third-order valence-corrected chi connectivity index (χ3v) is 5.05. The van der Waals surface area contributed by atoms with Gasteiger partial charge in [0.05, 0.1) is 16.3 Å². The molecule has 30 heavy (non-hydrogen) atoms. The first-order valence-electron chi connectivity index (χ1n) is 8.42. The Hall–Kier alpha value is -2.95. The maximum Gasteiger partial charge on any atom is 0.431 e. The summed E-state index contributed by atoms with van der Waals surface area (Å²) in [5, 5.41) is -0.433. The summed E-state index contributed by atoms with van der Waals surface area (Å²) >= 11 is 5.86. The summed E-state index contributed by atoms with van der Waals surface area (Å²) in [6.07, 6.45) is -4.41. The van der Waals surface area contributed by atoms with Crippen molar-refractivity contribution in [2.24, 2.45) is 7.05 Å². The zero-order valence-electron chi connectivity index (χ0n) is 15.5. The monoisotopic (exact) mass is 448 g/mol. The van der Waals surface area contributed by atoms with E-state index in [2.05, 4.69) is 0 Å². The summed E-state index contributed by atoms with van der Waals surface area (Å²) in [6, 6.07) is 1.46. The molecular weight excluding hydrogens is 436 g/mol. The van der Waals surface area contributed by atoms with Crippen LogP contribution in [0.25, 0.3) is 5.69 Å². The van der Waals surface area contributed by atoms with Crippen molar-refractivity contribution in [1.82, 2.24) is 9.13 Å². The van der Waals surface area contributed by atoms with Gasteiger partial charge in [0.2, 0.25) is 0 Å². The highest BCUT2D eigenvalue weighted by molar-refractivity contribution is 6.33. The summed E-state index contributed by atoms with van der Waals surface area (Å²) in [6.45, 7) is 1.23. The van der Waals surface area contributed by atoms with Crippen LogP contribution in [0.2, 0.25) is 5.02 Å². The molecule has 1 fully saturated rings. The molecule has 0 amide bonds. The van der Waals surface area contributed by atoms with E-state index in [-0.39, 0.29) is 15.2 Å². The highest BCUT2D eigenvalue weighted by Gasteiger charge is 2.51. The van der Waals surface area contributed by atoms with Crippen LogP contribution in [0.5, 0.6) is 0 Å². The van der Waals surface area contributed by atoms with Gasteiger partial charge in [-0.15, -0.1) is 0 Å². The molecule has 1 saturated carbocycles. The van der Waals surface area contributed by atoms with Crippen LogP contribution in [-0.2, 0) is 22.8 Å². The van der Waals surface area contributed by atoms with E-state index in [0.717, 1.165) is 7.05 Å². The van der Waals surface area contributed by atoms with Gasteiger partial charge in [-0.05, 0) is 31.9 Å². The van der Waals surface area contributed by atoms with Gasteiger partial charge in [0.1, 0.15) is 11.5 Å². The number of benzene rings is 1. The fourth-order valence-corrected chi connectivity index (χ4v) is 3.08. The van der Waals surface area contributed by atoms with Crippen molar-refractivity contribution in [3.63, 3.8) is 0 Å². The van der Waals surface area contributed by atoms with Gasteiger partial charge in [0.15, 0.2) is 11.4 Å². The molecule has 1 heterocycles. The normalized spacial score (nSPS) is 15.0. The van der Waals surface area contributed by atoms with E-state index in [9.17, 15) is 36.7 Å². The van der Waals surface area contributed by atoms with Gasteiger partial charge in [-0.25, -0.2) is 18.5 Å². The number of alkyl halides is 3. The first kappa shape index (κ1) is 21.8. The maximum atomic E-state index is 14.5. The van der Waals surface area contributed by atoms with Crippen molar-refractivity contribution < 1.29 is 31.9 Å². The first-order chi connectivity index (χ1) is 13.8. The molecule has 0 atom stereocenters. The molecule has 2 aromatic rings. The molecule has 160 valence electrons. The zero-order chi connectivity index (χ0) is 22.6. The third-order valence-electron chi connectivity index (χ3n) is 4.74. The average molecular weight is 449 g/mol. The molecule has 1 aliphatic carbocycles. The highest BCUT2D eigenvalue weighted by atomic mass is 35.5. The van der Waals surface area contributed by atoms with Crippen LogP contribution >= 0.6 is 11.6 Å². The topological polar surface area (TPSA) is 87.4 Å². The van der Waals surface area contributed by atoms with Crippen LogP contribution in [-0.4, -0.2) is 26.5 Å². The molecule has 0 bridgehead atoms. The van der Waals surface area contributed by atoms with E-state index in [4.69, 9.17) is 16.3 Å². The Morgan fingerprint density at radius 1 is 1.17 bits per heavy atom. The second-order valence-corrected chi connectivity index (χ2v) is 7.17. The van der Waals surface area contributed by atoms with Crippen LogP contribution in [0.3, 0.4) is 0 Å². The molecular formula is C18H13ClF4N2O5. The lowest BCUT2D eigenvalue weighted by atomic mass is 10.1. The molecule has 1 aromatic carbocycles. The van der Waals surface area contributed by atoms with Gasteiger partial charge in [-0.2, -0.15) is 13.2 Å². The number of hydrogen-bond acceptors (Lipinski definition) is 5. The van der Waals surface area contributed by atoms with Crippen molar-refractivity contribution in [3.8, 4) is 5.69 Å². The SMILES string of the molecule is CC(=O)C1(OC(=O)c2cc(-n3c(=O)cc(C(F)(F)F)n(C)c3=O)c(F)cc2Cl)CC1. The predicted octanol–water partition coefficient (Wildman–Crippen LogP) is 2.63. The fourth-order valence-electron chi connectivity index (χ4n) is 2.86. The summed E-state index contributed by atoms with van der Waals surface area (Å²) in [5.74, 6) is -2.74. The van der Waals surface area contributed by atoms with E-state index in [0.29, 0.717) is 25.0 Å². The standard InChI is InChI=1S/C18H13ClF4N2O5/c1-8(26)17(3-4-17)30-15(28)9-5-12(11(20)6-10(9)19)25-14(27)7-13(18(21,22)23)24(2)16(25)29/h5-7H,3-4H2,1-2H3. The van der Waals surface area contributed by atoms with Crippen molar-refractivity contribution in [2.75, 3.05) is 0 Å². The largest absolute Gasteiger partial charge is 0.447 e. The third kappa shape index (κ3) is 3.64. The molecule has 0 spiro atoms. The fraction of sp³-hybridized carbons (Fsp3) is 0.333. The Morgan fingerprint density at radius 2 is 1.77 bits per heavy atom. The molecule has 0 aliphatic heterocycles. The molecule has 1 aliphatic rings. The number of hydrogen-bond donors (Lipinski definition) is 0. The van der Waals surface area contributed by atoms with Gasteiger partial charge >= 0.3 is 17.8 Å². The van der Waals surface area contributed by atoms with Crippen LogP contribution in [0.15, 0.2) is 27.8 Å². The molecule has 0 radical (unpaired) electrons. The smallest absolute Gasteiger partial charge is 0.431 e. The van der Waals surface area contributed by atoms with E-state index < -0.39 is 62.6 Å². The Morgan fingerprint density at radius 3 is 2.27 bits per heavy atom. The summed E-state index contributed by atoms with van der Waals surface area (Å²) in [7, 11) is 0.758. The van der Waals surface area contributed by atoms with Crippen LogP contribution in [0.1, 0.15) is 35.8 Å². The number of carbonyl (C=O) groups is 2.